The minimum absolute atomic E-state index is 0.119. The first-order valence-corrected chi connectivity index (χ1v) is 15.4. The number of ether oxygens (including phenoxy) is 1. The van der Waals surface area contributed by atoms with Gasteiger partial charge in [0.05, 0.1) is 28.1 Å². The highest BCUT2D eigenvalue weighted by atomic mass is 35.5. The van der Waals surface area contributed by atoms with Crippen LogP contribution in [0.3, 0.4) is 0 Å². The first-order valence-electron chi connectivity index (χ1n) is 13.6. The van der Waals surface area contributed by atoms with E-state index in [4.69, 9.17) is 16.3 Å². The number of aliphatic hydroxyl groups is 1. The predicted octanol–water partition coefficient (Wildman–Crippen LogP) is 6.52. The first kappa shape index (κ1) is 30.5. The number of aliphatic hydroxyl groups excluding tert-OH is 1. The highest BCUT2D eigenvalue weighted by molar-refractivity contribution is 7.91. The summed E-state index contributed by atoms with van der Waals surface area (Å²) in [5.74, 6) is -0.484. The molecule has 0 unspecified atom stereocenters. The van der Waals surface area contributed by atoms with E-state index < -0.39 is 21.9 Å². The van der Waals surface area contributed by atoms with E-state index in [9.17, 15) is 18.3 Å². The summed E-state index contributed by atoms with van der Waals surface area (Å²) in [6.07, 6.45) is 0.914. The summed E-state index contributed by atoms with van der Waals surface area (Å²) in [7, 11) is -3.72. The Morgan fingerprint density at radius 2 is 1.54 bits per heavy atom. The van der Waals surface area contributed by atoms with E-state index in [0.29, 0.717) is 23.7 Å². The molecule has 0 aliphatic rings. The lowest BCUT2D eigenvalue weighted by atomic mass is 10.1. The number of nitrogens with zero attached hydrogens (tertiary/aromatic N) is 1. The van der Waals surface area contributed by atoms with Gasteiger partial charge in [-0.2, -0.15) is 0 Å². The van der Waals surface area contributed by atoms with Gasteiger partial charge >= 0.3 is 5.97 Å². The van der Waals surface area contributed by atoms with Crippen LogP contribution in [0.25, 0.3) is 0 Å². The molecular weight excluding hydrogens is 558 g/mol. The molecule has 1 atom stereocenters. The number of halogens is 1. The summed E-state index contributed by atoms with van der Waals surface area (Å²) in [5, 5.41) is 11.5. The molecule has 0 radical (unpaired) electrons. The molecule has 4 aromatic rings. The topological polar surface area (TPSA) is 83.9 Å². The number of esters is 1. The Morgan fingerprint density at radius 3 is 2.17 bits per heavy atom. The fourth-order valence-corrected chi connectivity index (χ4v) is 6.06. The minimum atomic E-state index is -3.72. The fourth-order valence-electron chi connectivity index (χ4n) is 4.60. The van der Waals surface area contributed by atoms with Crippen molar-refractivity contribution in [2.24, 2.45) is 0 Å². The number of benzene rings is 4. The van der Waals surface area contributed by atoms with Gasteiger partial charge in [-0.15, -0.1) is 0 Å². The Hall–Kier alpha value is -3.49. The maximum atomic E-state index is 13.1. The minimum Gasteiger partial charge on any atom is -0.462 e. The number of sulfone groups is 1. The van der Waals surface area contributed by atoms with Crippen LogP contribution >= 0.6 is 11.6 Å². The van der Waals surface area contributed by atoms with E-state index in [-0.39, 0.29) is 16.4 Å². The number of hydrogen-bond acceptors (Lipinski definition) is 6. The molecule has 41 heavy (non-hydrogen) atoms. The molecule has 4 rings (SSSR count). The standard InChI is InChI=1S/C33H34ClNO5S/c1-2-40-33(37)27-15-19-31(20-16-27)41(38,39)30-17-13-25(14-18-30)10-7-21-35(23-26-8-4-3-5-9-26)24-32(36)28-11-6-12-29(34)22-28/h3-6,8-9,11-20,22,32,36H,2,7,10,21,23-24H2,1H3/t32-/m0/s1. The molecule has 1 N–H and O–H groups in total. The van der Waals surface area contributed by atoms with Crippen LogP contribution in [0.4, 0.5) is 0 Å². The largest absolute Gasteiger partial charge is 0.462 e. The van der Waals surface area contributed by atoms with Gasteiger partial charge in [-0.05, 0) is 91.5 Å². The van der Waals surface area contributed by atoms with E-state index in [1.54, 1.807) is 31.2 Å². The molecule has 0 aliphatic heterocycles. The predicted molar refractivity (Wildman–Crippen MR) is 161 cm³/mol. The van der Waals surface area contributed by atoms with Crippen molar-refractivity contribution in [3.63, 3.8) is 0 Å². The van der Waals surface area contributed by atoms with Crippen LogP contribution in [0.15, 0.2) is 113 Å². The van der Waals surface area contributed by atoms with Gasteiger partial charge in [0.1, 0.15) is 0 Å². The third-order valence-corrected chi connectivity index (χ3v) is 8.78. The maximum absolute atomic E-state index is 13.1. The smallest absolute Gasteiger partial charge is 0.338 e. The Morgan fingerprint density at radius 1 is 0.878 bits per heavy atom. The molecule has 8 heteroatoms. The summed E-state index contributed by atoms with van der Waals surface area (Å²) in [4.78, 5) is 14.4. The first-order chi connectivity index (χ1) is 19.8. The summed E-state index contributed by atoms with van der Waals surface area (Å²) >= 11 is 6.13. The van der Waals surface area contributed by atoms with E-state index in [0.717, 1.165) is 36.1 Å². The molecule has 6 nitrogen and oxygen atoms in total. The van der Waals surface area contributed by atoms with Gasteiger partial charge in [0.25, 0.3) is 0 Å². The molecule has 214 valence electrons. The van der Waals surface area contributed by atoms with Crippen LogP contribution in [-0.4, -0.2) is 44.1 Å². The number of rotatable bonds is 13. The molecule has 0 amide bonds. The van der Waals surface area contributed by atoms with Crippen LogP contribution < -0.4 is 0 Å². The van der Waals surface area contributed by atoms with E-state index >= 15 is 0 Å². The van der Waals surface area contributed by atoms with E-state index in [1.807, 2.05) is 42.5 Å². The Balaban J connectivity index is 1.38. The molecule has 0 bridgehead atoms. The molecule has 0 saturated carbocycles. The van der Waals surface area contributed by atoms with Crippen molar-refractivity contribution in [2.75, 3.05) is 19.7 Å². The second-order valence-corrected chi connectivity index (χ2v) is 12.2. The fraction of sp³-hybridized carbons (Fsp3) is 0.242. The van der Waals surface area contributed by atoms with Crippen LogP contribution in [0.2, 0.25) is 5.02 Å². The normalized spacial score (nSPS) is 12.3. The zero-order chi connectivity index (χ0) is 29.2. The second-order valence-electron chi connectivity index (χ2n) is 9.79. The third-order valence-electron chi connectivity index (χ3n) is 6.76. The van der Waals surface area contributed by atoms with Crippen LogP contribution in [0.5, 0.6) is 0 Å². The Labute approximate surface area is 247 Å². The SMILES string of the molecule is CCOC(=O)c1ccc(S(=O)(=O)c2ccc(CCCN(Cc3ccccc3)C[C@H](O)c3cccc(Cl)c3)cc2)cc1. The highest BCUT2D eigenvalue weighted by Crippen LogP contribution is 2.23. The molecule has 0 aromatic heterocycles. The quantitative estimate of drug-likeness (QED) is 0.178. The van der Waals surface area contributed by atoms with Gasteiger partial charge in [0.2, 0.25) is 9.84 Å². The summed E-state index contributed by atoms with van der Waals surface area (Å²) < 4.78 is 31.2. The number of carbonyl (C=O) groups is 1. The lowest BCUT2D eigenvalue weighted by Crippen LogP contribution is -2.29. The number of carbonyl (C=O) groups excluding carboxylic acids is 1. The molecule has 0 aliphatic carbocycles. The summed E-state index contributed by atoms with van der Waals surface area (Å²) in [5.41, 5.74) is 3.28. The highest BCUT2D eigenvalue weighted by Gasteiger charge is 2.19. The van der Waals surface area contributed by atoms with Crippen molar-refractivity contribution < 1.29 is 23.1 Å². The van der Waals surface area contributed by atoms with Crippen molar-refractivity contribution in [2.45, 2.75) is 42.2 Å². The number of aryl methyl sites for hydroxylation is 1. The molecule has 4 aromatic carbocycles. The van der Waals surface area contributed by atoms with Crippen LogP contribution in [0, 0.1) is 0 Å². The monoisotopic (exact) mass is 591 g/mol. The summed E-state index contributed by atoms with van der Waals surface area (Å²) in [6, 6.07) is 30.1. The Kier molecular flexibility index (Phi) is 10.7. The van der Waals surface area contributed by atoms with E-state index in [2.05, 4.69) is 17.0 Å². The lowest BCUT2D eigenvalue weighted by molar-refractivity contribution is 0.0526. The maximum Gasteiger partial charge on any atom is 0.338 e. The summed E-state index contributed by atoms with van der Waals surface area (Å²) in [6.45, 7) is 3.88. The van der Waals surface area contributed by atoms with E-state index in [1.165, 1.54) is 24.3 Å². The Bertz CT molecular complexity index is 1520. The molecule has 0 fully saturated rings. The average molecular weight is 592 g/mol. The molecule has 0 spiro atoms. The molecular formula is C33H34ClNO5S. The van der Waals surface area contributed by atoms with Gasteiger partial charge < -0.3 is 9.84 Å². The van der Waals surface area contributed by atoms with Gasteiger partial charge in [-0.25, -0.2) is 13.2 Å². The molecule has 0 heterocycles. The van der Waals surface area contributed by atoms with Crippen molar-refractivity contribution >= 4 is 27.4 Å². The van der Waals surface area contributed by atoms with Crippen molar-refractivity contribution in [1.29, 1.82) is 0 Å². The van der Waals surface area contributed by atoms with Crippen molar-refractivity contribution in [3.8, 4) is 0 Å². The van der Waals surface area contributed by atoms with Gasteiger partial charge in [-0.1, -0.05) is 66.2 Å². The van der Waals surface area contributed by atoms with Crippen molar-refractivity contribution in [3.05, 3.63) is 130 Å². The van der Waals surface area contributed by atoms with Gasteiger partial charge in [0.15, 0.2) is 0 Å². The third kappa shape index (κ3) is 8.50. The van der Waals surface area contributed by atoms with Crippen LogP contribution in [-0.2, 0) is 27.5 Å². The average Bonchev–Trinajstić information content (AvgIpc) is 2.98. The zero-order valence-electron chi connectivity index (χ0n) is 22.9. The lowest BCUT2D eigenvalue weighted by Gasteiger charge is -2.25. The van der Waals surface area contributed by atoms with Gasteiger partial charge in [0, 0.05) is 18.1 Å². The van der Waals surface area contributed by atoms with Crippen LogP contribution in [0.1, 0.15) is 46.5 Å². The second kappa shape index (κ2) is 14.4. The zero-order valence-corrected chi connectivity index (χ0v) is 24.5. The molecule has 0 saturated heterocycles. The van der Waals surface area contributed by atoms with Crippen molar-refractivity contribution in [1.82, 2.24) is 4.90 Å². The van der Waals surface area contributed by atoms with Gasteiger partial charge in [-0.3, -0.25) is 4.90 Å². The number of hydrogen-bond donors (Lipinski definition) is 1.